The van der Waals surface area contributed by atoms with Gasteiger partial charge < -0.3 is 10.2 Å². The van der Waals surface area contributed by atoms with Crippen molar-refractivity contribution in [2.24, 2.45) is 10.3 Å². The summed E-state index contributed by atoms with van der Waals surface area (Å²) in [4.78, 5) is 18.5. The third-order valence-corrected chi connectivity index (χ3v) is 6.40. The highest BCUT2D eigenvalue weighted by molar-refractivity contribution is 7.90. The van der Waals surface area contributed by atoms with E-state index in [0.717, 1.165) is 12.8 Å². The van der Waals surface area contributed by atoms with E-state index in [-0.39, 0.29) is 16.7 Å². The number of amidine groups is 1. The second-order valence-corrected chi connectivity index (χ2v) is 8.59. The number of hydrogen-bond acceptors (Lipinski definition) is 6. The number of aromatic nitrogens is 3. The molecule has 1 fully saturated rings. The third kappa shape index (κ3) is 3.91. The summed E-state index contributed by atoms with van der Waals surface area (Å²) in [6, 6.07) is 6.75. The molecule has 1 aromatic carbocycles. The van der Waals surface area contributed by atoms with Crippen LogP contribution in [0.5, 0.6) is 0 Å². The van der Waals surface area contributed by atoms with Crippen LogP contribution < -0.4 is 5.32 Å². The summed E-state index contributed by atoms with van der Waals surface area (Å²) in [7, 11) is -3.71. The number of carbonyl (C=O) groups is 1. The number of nitrogens with one attached hydrogen (secondary N) is 1. The Labute approximate surface area is 163 Å². The summed E-state index contributed by atoms with van der Waals surface area (Å²) in [5.74, 6) is 0.388. The van der Waals surface area contributed by atoms with Crippen LogP contribution in [-0.4, -0.2) is 52.9 Å². The summed E-state index contributed by atoms with van der Waals surface area (Å²) in [6.07, 6.45) is 5.83. The van der Waals surface area contributed by atoms with Crippen molar-refractivity contribution in [2.45, 2.75) is 37.1 Å². The zero-order chi connectivity index (χ0) is 19.6. The van der Waals surface area contributed by atoms with Gasteiger partial charge >= 0.3 is 0 Å². The maximum Gasteiger partial charge on any atom is 0.286 e. The van der Waals surface area contributed by atoms with Crippen molar-refractivity contribution in [2.75, 3.05) is 18.4 Å². The first-order chi connectivity index (χ1) is 13.5. The average molecular weight is 402 g/mol. The van der Waals surface area contributed by atoms with E-state index in [1.165, 1.54) is 6.33 Å². The fraction of sp³-hybridized carbons (Fsp3) is 0.444. The van der Waals surface area contributed by atoms with E-state index in [0.29, 0.717) is 44.0 Å². The number of anilines is 1. The molecule has 2 aromatic rings. The third-order valence-electron chi connectivity index (χ3n) is 5.05. The molecule has 1 unspecified atom stereocenters. The van der Waals surface area contributed by atoms with Gasteiger partial charge in [0.2, 0.25) is 5.91 Å². The minimum Gasteiger partial charge on any atom is -0.342 e. The predicted molar refractivity (Wildman–Crippen MR) is 103 cm³/mol. The van der Waals surface area contributed by atoms with Gasteiger partial charge in [0.15, 0.2) is 0 Å². The van der Waals surface area contributed by atoms with Crippen LogP contribution in [0.3, 0.4) is 0 Å². The normalized spacial score (nSPS) is 20.8. The van der Waals surface area contributed by atoms with Crippen molar-refractivity contribution in [1.82, 2.24) is 19.7 Å². The maximum absolute atomic E-state index is 12.6. The summed E-state index contributed by atoms with van der Waals surface area (Å²) in [5, 5.41) is 7.19. The molecule has 1 amide bonds. The number of sulfonamides is 1. The highest BCUT2D eigenvalue weighted by atomic mass is 32.2. The second-order valence-electron chi connectivity index (χ2n) is 7.01. The van der Waals surface area contributed by atoms with Crippen molar-refractivity contribution in [3.05, 3.63) is 36.9 Å². The lowest BCUT2D eigenvalue weighted by Gasteiger charge is -2.34. The maximum atomic E-state index is 12.6. The van der Waals surface area contributed by atoms with Crippen LogP contribution in [0.1, 0.15) is 25.7 Å². The van der Waals surface area contributed by atoms with Gasteiger partial charge in [0.1, 0.15) is 23.4 Å². The highest BCUT2D eigenvalue weighted by Crippen LogP contribution is 2.30. The van der Waals surface area contributed by atoms with Crippen molar-refractivity contribution < 1.29 is 13.2 Å². The number of para-hydroxylation sites is 1. The first-order valence-corrected chi connectivity index (χ1v) is 10.8. The van der Waals surface area contributed by atoms with Crippen molar-refractivity contribution in [1.29, 1.82) is 0 Å². The smallest absolute Gasteiger partial charge is 0.286 e. The van der Waals surface area contributed by atoms with E-state index in [1.807, 2.05) is 4.90 Å². The molecule has 148 valence electrons. The van der Waals surface area contributed by atoms with Gasteiger partial charge in [-0.05, 0) is 31.4 Å². The minimum atomic E-state index is -3.71. The average Bonchev–Trinajstić information content (AvgIpc) is 3.21. The summed E-state index contributed by atoms with van der Waals surface area (Å²) >= 11 is 0. The number of hydrogen-bond donors (Lipinski definition) is 1. The van der Waals surface area contributed by atoms with Gasteiger partial charge in [0.25, 0.3) is 10.0 Å². The number of carbonyl (C=O) groups excluding carboxylic acids is 1. The SMILES string of the molecule is O=C(CCCn1cncn1)N1CCCC(C2=NS(=O)(=O)c3ccccc3N2)C1. The molecule has 4 rings (SSSR count). The van der Waals surface area contributed by atoms with Gasteiger partial charge in [-0.1, -0.05) is 12.1 Å². The van der Waals surface area contributed by atoms with E-state index in [9.17, 15) is 13.2 Å². The van der Waals surface area contributed by atoms with Crippen molar-refractivity contribution in [3.8, 4) is 0 Å². The minimum absolute atomic E-state index is 0.0736. The van der Waals surface area contributed by atoms with Gasteiger partial charge in [-0.15, -0.1) is 4.40 Å². The first kappa shape index (κ1) is 18.6. The lowest BCUT2D eigenvalue weighted by molar-refractivity contribution is -0.132. The molecular formula is C18H22N6O3S. The fourth-order valence-electron chi connectivity index (χ4n) is 3.64. The summed E-state index contributed by atoms with van der Waals surface area (Å²) in [6.45, 7) is 1.81. The molecule has 10 heteroatoms. The van der Waals surface area contributed by atoms with Crippen LogP contribution >= 0.6 is 0 Å². The second kappa shape index (κ2) is 7.70. The van der Waals surface area contributed by atoms with E-state index in [1.54, 1.807) is 35.3 Å². The molecule has 0 radical (unpaired) electrons. The Balaban J connectivity index is 1.40. The van der Waals surface area contributed by atoms with Crippen molar-refractivity contribution >= 4 is 27.5 Å². The number of nitrogens with zero attached hydrogens (tertiary/aromatic N) is 5. The quantitative estimate of drug-likeness (QED) is 0.812. The topological polar surface area (TPSA) is 110 Å². The van der Waals surface area contributed by atoms with Gasteiger partial charge in [-0.25, -0.2) is 4.98 Å². The Kier molecular flexibility index (Phi) is 5.12. The first-order valence-electron chi connectivity index (χ1n) is 9.34. The van der Waals surface area contributed by atoms with Gasteiger partial charge in [0.05, 0.1) is 5.69 Å². The van der Waals surface area contributed by atoms with Gasteiger partial charge in [0, 0.05) is 32.0 Å². The monoisotopic (exact) mass is 402 g/mol. The lowest BCUT2D eigenvalue weighted by Crippen LogP contribution is -2.44. The largest absolute Gasteiger partial charge is 0.342 e. The van der Waals surface area contributed by atoms with E-state index < -0.39 is 10.0 Å². The zero-order valence-electron chi connectivity index (χ0n) is 15.4. The standard InChI is InChI=1S/C18H22N6O3S/c25-17(8-4-10-24-13-19-12-20-24)23-9-3-5-14(11-23)18-21-15-6-1-2-7-16(15)28(26,27)22-18/h1-2,6-7,12-14H,3-5,8-11H2,(H,21,22). The Morgan fingerprint density at radius 3 is 2.96 bits per heavy atom. The highest BCUT2D eigenvalue weighted by Gasteiger charge is 2.32. The molecule has 1 atom stereocenters. The number of aryl methyl sites for hydroxylation is 1. The van der Waals surface area contributed by atoms with Crippen LogP contribution in [0, 0.1) is 5.92 Å². The predicted octanol–water partition coefficient (Wildman–Crippen LogP) is 1.51. The number of rotatable bonds is 5. The van der Waals surface area contributed by atoms with Crippen LogP contribution in [0.25, 0.3) is 0 Å². The number of benzene rings is 1. The molecule has 0 spiro atoms. The van der Waals surface area contributed by atoms with Crippen LogP contribution in [-0.2, 0) is 21.4 Å². The lowest BCUT2D eigenvalue weighted by atomic mass is 9.96. The van der Waals surface area contributed by atoms with Crippen LogP contribution in [0.15, 0.2) is 46.2 Å². The van der Waals surface area contributed by atoms with Crippen LogP contribution in [0.4, 0.5) is 5.69 Å². The molecule has 28 heavy (non-hydrogen) atoms. The Morgan fingerprint density at radius 2 is 2.14 bits per heavy atom. The zero-order valence-corrected chi connectivity index (χ0v) is 16.2. The number of piperidine rings is 1. The number of likely N-dealkylation sites (tertiary alicyclic amines) is 1. The van der Waals surface area contributed by atoms with Gasteiger partial charge in [-0.3, -0.25) is 9.48 Å². The number of fused-ring (bicyclic) bond motifs is 1. The van der Waals surface area contributed by atoms with E-state index >= 15 is 0 Å². The molecule has 9 nitrogen and oxygen atoms in total. The molecule has 2 aliphatic heterocycles. The van der Waals surface area contributed by atoms with E-state index in [4.69, 9.17) is 0 Å². The molecule has 1 N–H and O–H groups in total. The number of amides is 1. The molecule has 0 aliphatic carbocycles. The Bertz CT molecular complexity index is 987. The molecular weight excluding hydrogens is 380 g/mol. The molecule has 1 aromatic heterocycles. The molecule has 1 saturated heterocycles. The van der Waals surface area contributed by atoms with Crippen LogP contribution in [0.2, 0.25) is 0 Å². The molecule has 2 aliphatic rings. The molecule has 3 heterocycles. The van der Waals surface area contributed by atoms with Gasteiger partial charge in [-0.2, -0.15) is 13.5 Å². The summed E-state index contributed by atoms with van der Waals surface area (Å²) < 4.78 is 30.6. The Hall–Kier alpha value is -2.75. The fourth-order valence-corrected chi connectivity index (χ4v) is 4.84. The molecule has 0 bridgehead atoms. The summed E-state index contributed by atoms with van der Waals surface area (Å²) in [5.41, 5.74) is 0.545. The van der Waals surface area contributed by atoms with Crippen molar-refractivity contribution in [3.63, 3.8) is 0 Å². The molecule has 0 saturated carbocycles. The Morgan fingerprint density at radius 1 is 1.29 bits per heavy atom. The van der Waals surface area contributed by atoms with E-state index in [2.05, 4.69) is 19.8 Å².